The highest BCUT2D eigenvalue weighted by Gasteiger charge is 2.16. The van der Waals surface area contributed by atoms with Crippen molar-refractivity contribution in [1.29, 1.82) is 0 Å². The highest BCUT2D eigenvalue weighted by molar-refractivity contribution is 6.30. The molecule has 2 N–H and O–H groups in total. The van der Waals surface area contributed by atoms with E-state index in [9.17, 15) is 18.8 Å². The molecule has 0 aliphatic carbocycles. The molecule has 0 unspecified atom stereocenters. The summed E-state index contributed by atoms with van der Waals surface area (Å²) in [4.78, 5) is 39.9. The topological polar surface area (TPSA) is 97.4 Å². The first-order chi connectivity index (χ1) is 13.4. The summed E-state index contributed by atoms with van der Waals surface area (Å²) in [7, 11) is 0. The van der Waals surface area contributed by atoms with Gasteiger partial charge in [0.2, 0.25) is 0 Å². The van der Waals surface area contributed by atoms with E-state index in [0.717, 1.165) is 6.07 Å². The van der Waals surface area contributed by atoms with Crippen LogP contribution in [-0.2, 0) is 9.53 Å². The van der Waals surface area contributed by atoms with Crippen LogP contribution in [0.2, 0.25) is 5.15 Å². The number of para-hydroxylation sites is 2. The monoisotopic (exact) mass is 401 g/mol. The number of ether oxygens (including phenoxy) is 1. The lowest BCUT2D eigenvalue weighted by Crippen LogP contribution is -2.37. The van der Waals surface area contributed by atoms with Gasteiger partial charge in [0.15, 0.2) is 6.61 Å². The molecule has 0 radical (unpaired) electrons. The van der Waals surface area contributed by atoms with Gasteiger partial charge >= 0.3 is 12.0 Å². The molecule has 9 heteroatoms. The number of fused-ring (bicyclic) bond motifs is 1. The van der Waals surface area contributed by atoms with Crippen LogP contribution < -0.4 is 10.6 Å². The highest BCUT2D eigenvalue weighted by atomic mass is 35.5. The number of hydrogen-bond donors (Lipinski definition) is 2. The third-order valence-electron chi connectivity index (χ3n) is 3.61. The third kappa shape index (κ3) is 4.60. The summed E-state index contributed by atoms with van der Waals surface area (Å²) in [5, 5.41) is 4.73. The van der Waals surface area contributed by atoms with Crippen molar-refractivity contribution >= 4 is 46.1 Å². The molecule has 0 saturated carbocycles. The zero-order chi connectivity index (χ0) is 20.1. The molecule has 0 fully saturated rings. The molecule has 0 atom stereocenters. The summed E-state index contributed by atoms with van der Waals surface area (Å²) in [5.74, 6) is -2.34. The van der Waals surface area contributed by atoms with Gasteiger partial charge in [-0.25, -0.2) is 19.0 Å². The molecule has 0 aliphatic rings. The summed E-state index contributed by atoms with van der Waals surface area (Å²) in [6.45, 7) is -0.711. The van der Waals surface area contributed by atoms with Crippen molar-refractivity contribution in [3.63, 3.8) is 0 Å². The van der Waals surface area contributed by atoms with Gasteiger partial charge in [0.05, 0.1) is 16.8 Å². The Morgan fingerprint density at radius 3 is 2.57 bits per heavy atom. The SMILES string of the molecule is O=C(COC(=O)c1cc(Cl)nc2ccccc12)NC(=O)Nc1ccccc1F. The first kappa shape index (κ1) is 19.2. The normalized spacial score (nSPS) is 10.4. The van der Waals surface area contributed by atoms with E-state index in [4.69, 9.17) is 16.3 Å². The first-order valence-electron chi connectivity index (χ1n) is 8.02. The number of esters is 1. The van der Waals surface area contributed by atoms with Crippen LogP contribution in [0.4, 0.5) is 14.9 Å². The molecule has 3 amide bonds. The molecule has 142 valence electrons. The Balaban J connectivity index is 1.60. The minimum atomic E-state index is -0.955. The van der Waals surface area contributed by atoms with Crippen LogP contribution in [0.3, 0.4) is 0 Å². The maximum absolute atomic E-state index is 13.5. The predicted molar refractivity (Wildman–Crippen MR) is 101 cm³/mol. The molecule has 3 rings (SSSR count). The molecule has 3 aromatic rings. The lowest BCUT2D eigenvalue weighted by Gasteiger charge is -2.09. The van der Waals surface area contributed by atoms with Crippen LogP contribution in [0, 0.1) is 5.82 Å². The number of urea groups is 1. The molecule has 0 aliphatic heterocycles. The third-order valence-corrected chi connectivity index (χ3v) is 3.81. The smallest absolute Gasteiger partial charge is 0.339 e. The number of imide groups is 1. The maximum atomic E-state index is 13.5. The number of nitrogens with zero attached hydrogens (tertiary/aromatic N) is 1. The lowest BCUT2D eigenvalue weighted by molar-refractivity contribution is -0.123. The first-order valence-corrected chi connectivity index (χ1v) is 8.39. The second-order valence-electron chi connectivity index (χ2n) is 5.57. The van der Waals surface area contributed by atoms with Crippen molar-refractivity contribution < 1.29 is 23.5 Å². The zero-order valence-corrected chi connectivity index (χ0v) is 15.0. The molecule has 2 aromatic carbocycles. The predicted octanol–water partition coefficient (Wildman–Crippen LogP) is 3.53. The van der Waals surface area contributed by atoms with Gasteiger partial charge in [-0.3, -0.25) is 10.1 Å². The van der Waals surface area contributed by atoms with Crippen LogP contribution in [0.15, 0.2) is 54.6 Å². The molecule has 0 bridgehead atoms. The number of pyridine rings is 1. The largest absolute Gasteiger partial charge is 0.452 e. The number of rotatable bonds is 4. The summed E-state index contributed by atoms with van der Waals surface area (Å²) in [6, 6.07) is 12.6. The number of anilines is 1. The fraction of sp³-hybridized carbons (Fsp3) is 0.0526. The highest BCUT2D eigenvalue weighted by Crippen LogP contribution is 2.21. The second kappa shape index (κ2) is 8.45. The number of carbonyl (C=O) groups is 3. The second-order valence-corrected chi connectivity index (χ2v) is 5.96. The molecular weight excluding hydrogens is 389 g/mol. The standard InChI is InChI=1S/C19H13ClFN3O4/c20-16-9-12(11-5-1-3-7-14(11)22-16)18(26)28-10-17(25)24-19(27)23-15-8-4-2-6-13(15)21/h1-9H,10H2,(H2,23,24,25,27). The zero-order valence-electron chi connectivity index (χ0n) is 14.2. The Hall–Kier alpha value is -3.52. The van der Waals surface area contributed by atoms with Gasteiger partial charge in [-0.05, 0) is 24.3 Å². The van der Waals surface area contributed by atoms with Gasteiger partial charge < -0.3 is 10.1 Å². The van der Waals surface area contributed by atoms with E-state index in [0.29, 0.717) is 10.9 Å². The number of benzene rings is 2. The van der Waals surface area contributed by atoms with Crippen molar-refractivity contribution in [3.05, 3.63) is 71.1 Å². The van der Waals surface area contributed by atoms with Gasteiger partial charge in [0, 0.05) is 5.39 Å². The fourth-order valence-electron chi connectivity index (χ4n) is 2.40. The Kier molecular flexibility index (Phi) is 5.81. The van der Waals surface area contributed by atoms with Crippen molar-refractivity contribution in [2.75, 3.05) is 11.9 Å². The minimum absolute atomic E-state index is 0.0947. The fourth-order valence-corrected chi connectivity index (χ4v) is 2.60. The van der Waals surface area contributed by atoms with E-state index < -0.39 is 30.3 Å². The summed E-state index contributed by atoms with van der Waals surface area (Å²) in [6.07, 6.45) is 0. The number of carbonyl (C=O) groups excluding carboxylic acids is 3. The Morgan fingerprint density at radius 1 is 1.07 bits per heavy atom. The quantitative estimate of drug-likeness (QED) is 0.515. The van der Waals surface area contributed by atoms with Crippen molar-refractivity contribution in [3.8, 4) is 0 Å². The minimum Gasteiger partial charge on any atom is -0.452 e. The van der Waals surface area contributed by atoms with Gasteiger partial charge in [-0.1, -0.05) is 41.9 Å². The van der Waals surface area contributed by atoms with Crippen LogP contribution in [-0.4, -0.2) is 29.5 Å². The number of aromatic nitrogens is 1. The van der Waals surface area contributed by atoms with Gasteiger partial charge in [0.25, 0.3) is 5.91 Å². The molecule has 7 nitrogen and oxygen atoms in total. The van der Waals surface area contributed by atoms with Crippen LogP contribution in [0.25, 0.3) is 10.9 Å². The van der Waals surface area contributed by atoms with Crippen molar-refractivity contribution in [2.24, 2.45) is 0 Å². The van der Waals surface area contributed by atoms with E-state index >= 15 is 0 Å². The van der Waals surface area contributed by atoms with Crippen molar-refractivity contribution in [1.82, 2.24) is 10.3 Å². The van der Waals surface area contributed by atoms with Gasteiger partial charge in [0.1, 0.15) is 11.0 Å². The molecule has 28 heavy (non-hydrogen) atoms. The number of nitrogens with one attached hydrogen (secondary N) is 2. The Labute approximate surface area is 163 Å². The van der Waals surface area contributed by atoms with E-state index in [-0.39, 0.29) is 16.4 Å². The average molecular weight is 402 g/mol. The Bertz CT molecular complexity index is 1070. The van der Waals surface area contributed by atoms with Crippen LogP contribution in [0.1, 0.15) is 10.4 Å². The molecule has 0 saturated heterocycles. The van der Waals surface area contributed by atoms with E-state index in [1.807, 2.05) is 5.32 Å². The summed E-state index contributed by atoms with van der Waals surface area (Å²) in [5.41, 5.74) is 0.539. The summed E-state index contributed by atoms with van der Waals surface area (Å²) >= 11 is 5.91. The van der Waals surface area contributed by atoms with E-state index in [1.165, 1.54) is 24.3 Å². The van der Waals surface area contributed by atoms with Crippen LogP contribution >= 0.6 is 11.6 Å². The van der Waals surface area contributed by atoms with Gasteiger partial charge in [-0.15, -0.1) is 0 Å². The Morgan fingerprint density at radius 2 is 1.79 bits per heavy atom. The number of amides is 3. The van der Waals surface area contributed by atoms with E-state index in [2.05, 4.69) is 10.3 Å². The molecule has 1 heterocycles. The average Bonchev–Trinajstić information content (AvgIpc) is 2.67. The molecule has 1 aromatic heterocycles. The molecule has 0 spiro atoms. The maximum Gasteiger partial charge on any atom is 0.339 e. The van der Waals surface area contributed by atoms with Crippen LogP contribution in [0.5, 0.6) is 0 Å². The lowest BCUT2D eigenvalue weighted by atomic mass is 10.1. The summed E-state index contributed by atoms with van der Waals surface area (Å²) < 4.78 is 18.4. The number of hydrogen-bond acceptors (Lipinski definition) is 5. The van der Waals surface area contributed by atoms with Crippen molar-refractivity contribution in [2.45, 2.75) is 0 Å². The van der Waals surface area contributed by atoms with E-state index in [1.54, 1.807) is 24.3 Å². The molecular formula is C19H13ClFN3O4. The van der Waals surface area contributed by atoms with Gasteiger partial charge in [-0.2, -0.15) is 0 Å². The number of halogens is 2.